The average Bonchev–Trinajstić information content (AvgIpc) is 2.88. The standard InChI is InChI=1S/C15H13BrCl2N2O/c1-15(7-4-8-21-15)14-19-12(17)11(13(18)20-14)9-5-2-3-6-10(9)16/h2-3,5-6H,4,7-8H2,1H3. The third kappa shape index (κ3) is 2.82. The Bertz CT molecular complexity index is 664. The van der Waals surface area contributed by atoms with Crippen molar-refractivity contribution in [1.82, 2.24) is 9.97 Å². The number of ether oxygens (including phenoxy) is 1. The van der Waals surface area contributed by atoms with E-state index in [9.17, 15) is 0 Å². The van der Waals surface area contributed by atoms with Gasteiger partial charge in [0.25, 0.3) is 0 Å². The second kappa shape index (κ2) is 5.84. The highest BCUT2D eigenvalue weighted by atomic mass is 79.9. The van der Waals surface area contributed by atoms with Crippen LogP contribution in [0.1, 0.15) is 25.6 Å². The number of benzene rings is 1. The highest BCUT2D eigenvalue weighted by molar-refractivity contribution is 9.10. The minimum atomic E-state index is -0.500. The molecule has 6 heteroatoms. The van der Waals surface area contributed by atoms with Crippen molar-refractivity contribution < 1.29 is 4.74 Å². The second-order valence-electron chi connectivity index (χ2n) is 5.17. The summed E-state index contributed by atoms with van der Waals surface area (Å²) in [7, 11) is 0. The van der Waals surface area contributed by atoms with E-state index in [4.69, 9.17) is 27.9 Å². The van der Waals surface area contributed by atoms with Crippen molar-refractivity contribution in [2.75, 3.05) is 6.61 Å². The molecular weight excluding hydrogens is 375 g/mol. The Hall–Kier alpha value is -0.680. The van der Waals surface area contributed by atoms with Crippen molar-refractivity contribution in [1.29, 1.82) is 0 Å². The maximum Gasteiger partial charge on any atom is 0.163 e. The van der Waals surface area contributed by atoms with Crippen LogP contribution in [0.15, 0.2) is 28.7 Å². The number of halogens is 3. The van der Waals surface area contributed by atoms with Gasteiger partial charge in [-0.1, -0.05) is 57.3 Å². The SMILES string of the molecule is CC1(c2nc(Cl)c(-c3ccccc3Br)c(Cl)n2)CCCO1. The fraction of sp³-hybridized carbons (Fsp3) is 0.333. The van der Waals surface area contributed by atoms with Gasteiger partial charge in [-0.25, -0.2) is 9.97 Å². The van der Waals surface area contributed by atoms with E-state index in [1.807, 2.05) is 31.2 Å². The maximum absolute atomic E-state index is 6.37. The lowest BCUT2D eigenvalue weighted by molar-refractivity contribution is 0.00937. The van der Waals surface area contributed by atoms with Gasteiger partial charge in [0, 0.05) is 16.6 Å². The molecule has 1 aromatic carbocycles. The Labute approximate surface area is 141 Å². The molecule has 1 saturated heterocycles. The Morgan fingerprint density at radius 1 is 1.19 bits per heavy atom. The van der Waals surface area contributed by atoms with Crippen LogP contribution in [0.25, 0.3) is 11.1 Å². The van der Waals surface area contributed by atoms with Crippen LogP contribution in [0.5, 0.6) is 0 Å². The van der Waals surface area contributed by atoms with Crippen molar-refractivity contribution >= 4 is 39.1 Å². The number of rotatable bonds is 2. The Morgan fingerprint density at radius 2 is 1.86 bits per heavy atom. The quantitative estimate of drug-likeness (QED) is 0.661. The molecule has 2 heterocycles. The molecule has 1 unspecified atom stereocenters. The van der Waals surface area contributed by atoms with E-state index in [-0.39, 0.29) is 0 Å². The summed E-state index contributed by atoms with van der Waals surface area (Å²) < 4.78 is 6.65. The Kier molecular flexibility index (Phi) is 4.23. The van der Waals surface area contributed by atoms with Crippen LogP contribution < -0.4 is 0 Å². The lowest BCUT2D eigenvalue weighted by Crippen LogP contribution is -2.23. The lowest BCUT2D eigenvalue weighted by Gasteiger charge is -2.22. The summed E-state index contributed by atoms with van der Waals surface area (Å²) in [6.07, 6.45) is 1.86. The summed E-state index contributed by atoms with van der Waals surface area (Å²) in [5, 5.41) is 0.683. The maximum atomic E-state index is 6.37. The van der Waals surface area contributed by atoms with Crippen molar-refractivity contribution in [3.8, 4) is 11.1 Å². The normalized spacial score (nSPS) is 21.7. The van der Waals surface area contributed by atoms with E-state index in [0.29, 0.717) is 28.3 Å². The van der Waals surface area contributed by atoms with Crippen LogP contribution >= 0.6 is 39.1 Å². The first-order chi connectivity index (χ1) is 10.0. The molecule has 0 radical (unpaired) electrons. The van der Waals surface area contributed by atoms with Crippen LogP contribution in [-0.2, 0) is 10.3 Å². The first-order valence-electron chi connectivity index (χ1n) is 6.64. The average molecular weight is 388 g/mol. The van der Waals surface area contributed by atoms with Gasteiger partial charge in [-0.2, -0.15) is 0 Å². The van der Waals surface area contributed by atoms with E-state index in [0.717, 1.165) is 22.9 Å². The molecule has 110 valence electrons. The number of nitrogens with zero attached hydrogens (tertiary/aromatic N) is 2. The fourth-order valence-corrected chi connectivity index (χ4v) is 3.56. The Morgan fingerprint density at radius 3 is 2.43 bits per heavy atom. The van der Waals surface area contributed by atoms with E-state index in [2.05, 4.69) is 25.9 Å². The van der Waals surface area contributed by atoms with E-state index in [1.54, 1.807) is 0 Å². The molecule has 1 atom stereocenters. The van der Waals surface area contributed by atoms with Gasteiger partial charge < -0.3 is 4.74 Å². The summed E-state index contributed by atoms with van der Waals surface area (Å²) in [5.41, 5.74) is 1.01. The molecule has 0 spiro atoms. The molecule has 0 bridgehead atoms. The predicted molar refractivity (Wildman–Crippen MR) is 87.7 cm³/mol. The van der Waals surface area contributed by atoms with E-state index >= 15 is 0 Å². The summed E-state index contributed by atoms with van der Waals surface area (Å²) in [6.45, 7) is 2.68. The monoisotopic (exact) mass is 386 g/mol. The van der Waals surface area contributed by atoms with Gasteiger partial charge in [-0.15, -0.1) is 0 Å². The number of hydrogen-bond donors (Lipinski definition) is 0. The Balaban J connectivity index is 2.11. The van der Waals surface area contributed by atoms with Gasteiger partial charge in [-0.05, 0) is 25.8 Å². The van der Waals surface area contributed by atoms with Crippen LogP contribution in [-0.4, -0.2) is 16.6 Å². The molecule has 0 aliphatic carbocycles. The van der Waals surface area contributed by atoms with Gasteiger partial charge in [0.2, 0.25) is 0 Å². The zero-order chi connectivity index (χ0) is 15.0. The first-order valence-corrected chi connectivity index (χ1v) is 8.18. The van der Waals surface area contributed by atoms with Gasteiger partial charge >= 0.3 is 0 Å². The topological polar surface area (TPSA) is 35.0 Å². The third-order valence-electron chi connectivity index (χ3n) is 3.66. The molecule has 0 saturated carbocycles. The molecular formula is C15H13BrCl2N2O. The van der Waals surface area contributed by atoms with Crippen molar-refractivity contribution in [3.63, 3.8) is 0 Å². The minimum absolute atomic E-state index is 0.341. The second-order valence-corrected chi connectivity index (χ2v) is 6.74. The molecule has 21 heavy (non-hydrogen) atoms. The van der Waals surface area contributed by atoms with Gasteiger partial charge in [0.05, 0.1) is 5.56 Å². The smallest absolute Gasteiger partial charge is 0.163 e. The summed E-state index contributed by atoms with van der Waals surface area (Å²) in [5.74, 6) is 0.547. The van der Waals surface area contributed by atoms with Crippen LogP contribution in [0.4, 0.5) is 0 Å². The molecule has 3 nitrogen and oxygen atoms in total. The zero-order valence-corrected chi connectivity index (χ0v) is 14.5. The van der Waals surface area contributed by atoms with E-state index in [1.165, 1.54) is 0 Å². The molecule has 2 aromatic rings. The highest BCUT2D eigenvalue weighted by Crippen LogP contribution is 2.40. The first kappa shape index (κ1) is 15.2. The number of aromatic nitrogens is 2. The van der Waals surface area contributed by atoms with Gasteiger partial charge in [0.1, 0.15) is 15.9 Å². The van der Waals surface area contributed by atoms with E-state index < -0.39 is 5.60 Å². The molecule has 1 aliphatic rings. The van der Waals surface area contributed by atoms with Crippen LogP contribution in [0, 0.1) is 0 Å². The lowest BCUT2D eigenvalue weighted by atomic mass is 10.0. The van der Waals surface area contributed by atoms with Crippen molar-refractivity contribution in [3.05, 3.63) is 44.9 Å². The number of hydrogen-bond acceptors (Lipinski definition) is 3. The fourth-order valence-electron chi connectivity index (χ4n) is 2.49. The largest absolute Gasteiger partial charge is 0.367 e. The van der Waals surface area contributed by atoms with Gasteiger partial charge in [0.15, 0.2) is 5.82 Å². The van der Waals surface area contributed by atoms with Crippen LogP contribution in [0.2, 0.25) is 10.3 Å². The van der Waals surface area contributed by atoms with Crippen molar-refractivity contribution in [2.45, 2.75) is 25.4 Å². The van der Waals surface area contributed by atoms with Gasteiger partial charge in [-0.3, -0.25) is 0 Å². The predicted octanol–water partition coefficient (Wildman–Crippen LogP) is 5.24. The van der Waals surface area contributed by atoms with Crippen molar-refractivity contribution in [2.24, 2.45) is 0 Å². The third-order valence-corrected chi connectivity index (χ3v) is 4.89. The zero-order valence-electron chi connectivity index (χ0n) is 11.4. The minimum Gasteiger partial charge on any atom is -0.367 e. The van der Waals surface area contributed by atoms with Crippen LogP contribution in [0.3, 0.4) is 0 Å². The molecule has 3 rings (SSSR count). The summed E-state index contributed by atoms with van der Waals surface area (Å²) in [6, 6.07) is 7.70. The molecule has 1 aliphatic heterocycles. The molecule has 0 N–H and O–H groups in total. The molecule has 1 fully saturated rings. The summed E-state index contributed by atoms with van der Waals surface area (Å²) in [4.78, 5) is 8.86. The molecule has 1 aromatic heterocycles. The molecule has 0 amide bonds. The highest BCUT2D eigenvalue weighted by Gasteiger charge is 2.36. The summed E-state index contributed by atoms with van der Waals surface area (Å²) >= 11 is 16.2.